The van der Waals surface area contributed by atoms with Gasteiger partial charge in [-0.25, -0.2) is 0 Å². The fourth-order valence-corrected chi connectivity index (χ4v) is 2.46. The predicted molar refractivity (Wildman–Crippen MR) is 74.5 cm³/mol. The minimum Gasteiger partial charge on any atom is -0.362 e. The molecule has 0 aromatic rings. The van der Waals surface area contributed by atoms with E-state index >= 15 is 0 Å². The van der Waals surface area contributed by atoms with Crippen molar-refractivity contribution in [3.05, 3.63) is 0 Å². The average Bonchev–Trinajstić information content (AvgIpc) is 2.21. The summed E-state index contributed by atoms with van der Waals surface area (Å²) in [5.74, 6) is 2.33. The molecule has 0 spiro atoms. The van der Waals surface area contributed by atoms with Crippen molar-refractivity contribution in [1.82, 2.24) is 10.6 Å². The molecule has 1 aliphatic carbocycles. The standard InChI is InChI=1S/C13H26N2S/c1-9(2)8-14-13(16)15-12-6-5-10(3)11(4)7-12/h9-12H,5-8H2,1-4H3,(H2,14,15,16). The molecular weight excluding hydrogens is 216 g/mol. The monoisotopic (exact) mass is 242 g/mol. The fraction of sp³-hybridized carbons (Fsp3) is 0.923. The Kier molecular flexibility index (Phi) is 5.53. The highest BCUT2D eigenvalue weighted by atomic mass is 32.1. The highest BCUT2D eigenvalue weighted by Crippen LogP contribution is 2.29. The summed E-state index contributed by atoms with van der Waals surface area (Å²) in [6.07, 6.45) is 3.84. The quantitative estimate of drug-likeness (QED) is 0.744. The van der Waals surface area contributed by atoms with E-state index in [1.54, 1.807) is 0 Å². The highest BCUT2D eigenvalue weighted by molar-refractivity contribution is 7.80. The summed E-state index contributed by atoms with van der Waals surface area (Å²) in [4.78, 5) is 0. The Morgan fingerprint density at radius 1 is 1.25 bits per heavy atom. The van der Waals surface area contributed by atoms with Crippen LogP contribution in [0.15, 0.2) is 0 Å². The van der Waals surface area contributed by atoms with Gasteiger partial charge in [0.25, 0.3) is 0 Å². The van der Waals surface area contributed by atoms with E-state index in [1.807, 2.05) is 0 Å². The van der Waals surface area contributed by atoms with Crippen LogP contribution in [0.4, 0.5) is 0 Å². The molecular formula is C13H26N2S. The molecule has 1 rings (SSSR count). The van der Waals surface area contributed by atoms with Crippen molar-refractivity contribution >= 4 is 17.3 Å². The molecule has 1 aliphatic rings. The van der Waals surface area contributed by atoms with Crippen LogP contribution in [-0.4, -0.2) is 17.7 Å². The lowest BCUT2D eigenvalue weighted by molar-refractivity contribution is 0.240. The normalized spacial score (nSPS) is 30.2. The van der Waals surface area contributed by atoms with E-state index in [2.05, 4.69) is 38.3 Å². The van der Waals surface area contributed by atoms with Crippen LogP contribution in [0.3, 0.4) is 0 Å². The molecule has 1 saturated carbocycles. The maximum Gasteiger partial charge on any atom is 0.166 e. The molecule has 2 nitrogen and oxygen atoms in total. The number of nitrogens with one attached hydrogen (secondary N) is 2. The van der Waals surface area contributed by atoms with Crippen molar-refractivity contribution in [1.29, 1.82) is 0 Å². The van der Waals surface area contributed by atoms with E-state index in [1.165, 1.54) is 19.3 Å². The second-order valence-corrected chi connectivity index (χ2v) is 6.12. The number of thiocarbonyl (C=S) groups is 1. The minimum atomic E-state index is 0.582. The second kappa shape index (κ2) is 6.43. The van der Waals surface area contributed by atoms with Crippen LogP contribution in [-0.2, 0) is 0 Å². The zero-order valence-electron chi connectivity index (χ0n) is 11.0. The lowest BCUT2D eigenvalue weighted by atomic mass is 9.79. The van der Waals surface area contributed by atoms with Gasteiger partial charge in [-0.15, -0.1) is 0 Å². The molecule has 3 heteroatoms. The Hall–Kier alpha value is -0.310. The van der Waals surface area contributed by atoms with Crippen molar-refractivity contribution in [2.45, 2.75) is 53.0 Å². The summed E-state index contributed by atoms with van der Waals surface area (Å²) in [5.41, 5.74) is 0. The lowest BCUT2D eigenvalue weighted by Crippen LogP contribution is -2.45. The van der Waals surface area contributed by atoms with Crippen LogP contribution in [0.5, 0.6) is 0 Å². The zero-order valence-corrected chi connectivity index (χ0v) is 11.9. The van der Waals surface area contributed by atoms with Gasteiger partial charge in [-0.3, -0.25) is 0 Å². The van der Waals surface area contributed by atoms with Gasteiger partial charge in [0.05, 0.1) is 0 Å². The molecule has 1 fully saturated rings. The molecule has 2 N–H and O–H groups in total. The summed E-state index contributed by atoms with van der Waals surface area (Å²) in [6.45, 7) is 10.1. The van der Waals surface area contributed by atoms with Crippen LogP contribution in [0.25, 0.3) is 0 Å². The smallest absolute Gasteiger partial charge is 0.166 e. The first kappa shape index (κ1) is 13.8. The molecule has 0 saturated heterocycles. The van der Waals surface area contributed by atoms with Crippen molar-refractivity contribution < 1.29 is 0 Å². The summed E-state index contributed by atoms with van der Waals surface area (Å²) in [5, 5.41) is 7.56. The summed E-state index contributed by atoms with van der Waals surface area (Å²) in [7, 11) is 0. The van der Waals surface area contributed by atoms with Gasteiger partial charge in [0.1, 0.15) is 0 Å². The van der Waals surface area contributed by atoms with Crippen LogP contribution in [0, 0.1) is 17.8 Å². The Morgan fingerprint density at radius 3 is 2.50 bits per heavy atom. The van der Waals surface area contributed by atoms with E-state index < -0.39 is 0 Å². The molecule has 0 aromatic heterocycles. The first-order valence-corrected chi connectivity index (χ1v) is 6.94. The maximum atomic E-state index is 5.30. The van der Waals surface area contributed by atoms with Gasteiger partial charge in [-0.1, -0.05) is 27.7 Å². The fourth-order valence-electron chi connectivity index (χ4n) is 2.21. The summed E-state index contributed by atoms with van der Waals surface area (Å²) >= 11 is 5.30. The maximum absolute atomic E-state index is 5.30. The lowest BCUT2D eigenvalue weighted by Gasteiger charge is -2.33. The molecule has 0 amide bonds. The largest absolute Gasteiger partial charge is 0.362 e. The van der Waals surface area contributed by atoms with Crippen molar-refractivity contribution in [2.24, 2.45) is 17.8 Å². The average molecular weight is 242 g/mol. The van der Waals surface area contributed by atoms with E-state index in [-0.39, 0.29) is 0 Å². The van der Waals surface area contributed by atoms with Gasteiger partial charge in [0.15, 0.2) is 5.11 Å². The third-order valence-corrected chi connectivity index (χ3v) is 3.87. The Labute approximate surface area is 106 Å². The molecule has 0 aliphatic heterocycles. The van der Waals surface area contributed by atoms with Gasteiger partial charge < -0.3 is 10.6 Å². The molecule has 16 heavy (non-hydrogen) atoms. The van der Waals surface area contributed by atoms with Crippen molar-refractivity contribution in [3.63, 3.8) is 0 Å². The van der Waals surface area contributed by atoms with E-state index in [0.29, 0.717) is 12.0 Å². The summed E-state index contributed by atoms with van der Waals surface area (Å²) < 4.78 is 0. The molecule has 0 radical (unpaired) electrons. The molecule has 0 aromatic carbocycles. The zero-order chi connectivity index (χ0) is 12.1. The Morgan fingerprint density at radius 2 is 1.94 bits per heavy atom. The number of hydrogen-bond donors (Lipinski definition) is 2. The number of rotatable bonds is 3. The minimum absolute atomic E-state index is 0.582. The molecule has 3 atom stereocenters. The summed E-state index contributed by atoms with van der Waals surface area (Å²) in [6, 6.07) is 0.582. The van der Waals surface area contributed by atoms with Gasteiger partial charge in [-0.05, 0) is 49.2 Å². The third kappa shape index (κ3) is 4.69. The topological polar surface area (TPSA) is 24.1 Å². The van der Waals surface area contributed by atoms with Gasteiger partial charge in [-0.2, -0.15) is 0 Å². The first-order chi connectivity index (χ1) is 7.49. The van der Waals surface area contributed by atoms with E-state index in [9.17, 15) is 0 Å². The van der Waals surface area contributed by atoms with E-state index in [0.717, 1.165) is 23.5 Å². The highest BCUT2D eigenvalue weighted by Gasteiger charge is 2.24. The predicted octanol–water partition coefficient (Wildman–Crippen LogP) is 2.93. The van der Waals surface area contributed by atoms with Crippen LogP contribution >= 0.6 is 12.2 Å². The third-order valence-electron chi connectivity index (χ3n) is 3.60. The van der Waals surface area contributed by atoms with Crippen molar-refractivity contribution in [3.8, 4) is 0 Å². The van der Waals surface area contributed by atoms with Crippen LogP contribution in [0.2, 0.25) is 0 Å². The van der Waals surface area contributed by atoms with Gasteiger partial charge in [0.2, 0.25) is 0 Å². The number of hydrogen-bond acceptors (Lipinski definition) is 1. The SMILES string of the molecule is CC(C)CNC(=S)NC1CCC(C)C(C)C1. The van der Waals surface area contributed by atoms with Crippen LogP contribution in [0.1, 0.15) is 47.0 Å². The molecule has 94 valence electrons. The van der Waals surface area contributed by atoms with Crippen LogP contribution < -0.4 is 10.6 Å². The first-order valence-electron chi connectivity index (χ1n) is 6.53. The second-order valence-electron chi connectivity index (χ2n) is 5.71. The van der Waals surface area contributed by atoms with Gasteiger partial charge in [0, 0.05) is 12.6 Å². The molecule has 0 heterocycles. The Bertz CT molecular complexity index is 228. The molecule has 3 unspecified atom stereocenters. The van der Waals surface area contributed by atoms with Gasteiger partial charge >= 0.3 is 0 Å². The molecule has 0 bridgehead atoms. The van der Waals surface area contributed by atoms with E-state index in [4.69, 9.17) is 12.2 Å². The Balaban J connectivity index is 2.24. The van der Waals surface area contributed by atoms with Crippen molar-refractivity contribution in [2.75, 3.05) is 6.54 Å².